The first kappa shape index (κ1) is 23.5. The third-order valence-corrected chi connectivity index (χ3v) is 5.69. The van der Waals surface area contributed by atoms with E-state index in [2.05, 4.69) is 20.6 Å². The van der Waals surface area contributed by atoms with Crippen LogP contribution in [0.5, 0.6) is 0 Å². The molecule has 32 heavy (non-hydrogen) atoms. The van der Waals surface area contributed by atoms with Gasteiger partial charge in [-0.25, -0.2) is 9.97 Å². The number of hydrogen-bond donors (Lipinski definition) is 2. The highest BCUT2D eigenvalue weighted by Crippen LogP contribution is 2.27. The first-order valence-corrected chi connectivity index (χ1v) is 11.1. The first-order chi connectivity index (χ1) is 15.4. The Kier molecular flexibility index (Phi) is 8.44. The summed E-state index contributed by atoms with van der Waals surface area (Å²) in [5.74, 6) is -0.116. The molecule has 2 N–H and O–H groups in total. The molecule has 1 unspecified atom stereocenters. The summed E-state index contributed by atoms with van der Waals surface area (Å²) in [6.45, 7) is 5.81. The highest BCUT2D eigenvalue weighted by Gasteiger charge is 2.25. The minimum atomic E-state index is -0.251. The topological polar surface area (TPSA) is 104 Å². The molecule has 1 aromatic heterocycles. The summed E-state index contributed by atoms with van der Waals surface area (Å²) in [6, 6.07) is 9.31. The maximum absolute atomic E-state index is 12.7. The Labute approximate surface area is 188 Å². The van der Waals surface area contributed by atoms with Crippen LogP contribution in [0.15, 0.2) is 42.9 Å². The lowest BCUT2D eigenvalue weighted by Crippen LogP contribution is -2.43. The Morgan fingerprint density at radius 2 is 2.03 bits per heavy atom. The number of amides is 2. The largest absolute Gasteiger partial charge is 0.345 e. The molecule has 1 saturated heterocycles. The van der Waals surface area contributed by atoms with Gasteiger partial charge in [-0.1, -0.05) is 26.0 Å². The summed E-state index contributed by atoms with van der Waals surface area (Å²) in [4.78, 5) is 46.8. The molecule has 2 aromatic rings. The van der Waals surface area contributed by atoms with Gasteiger partial charge >= 0.3 is 0 Å². The van der Waals surface area contributed by atoms with Crippen molar-refractivity contribution in [1.82, 2.24) is 25.5 Å². The fourth-order valence-corrected chi connectivity index (χ4v) is 3.72. The van der Waals surface area contributed by atoms with Crippen LogP contribution in [-0.4, -0.2) is 58.6 Å². The van der Waals surface area contributed by atoms with Crippen LogP contribution in [0.2, 0.25) is 0 Å². The Hall–Kier alpha value is -3.13. The van der Waals surface area contributed by atoms with E-state index in [9.17, 15) is 14.4 Å². The first-order valence-electron chi connectivity index (χ1n) is 11.1. The van der Waals surface area contributed by atoms with Gasteiger partial charge in [0, 0.05) is 43.2 Å². The van der Waals surface area contributed by atoms with Crippen LogP contribution in [0.25, 0.3) is 0 Å². The molecule has 2 heterocycles. The Bertz CT molecular complexity index is 932. The van der Waals surface area contributed by atoms with E-state index in [1.165, 1.54) is 6.33 Å². The quantitative estimate of drug-likeness (QED) is 0.621. The lowest BCUT2D eigenvalue weighted by Gasteiger charge is -2.33. The van der Waals surface area contributed by atoms with Gasteiger partial charge in [-0.2, -0.15) is 0 Å². The van der Waals surface area contributed by atoms with Gasteiger partial charge < -0.3 is 15.5 Å². The molecule has 0 aliphatic carbocycles. The standard InChI is InChI=1S/C24H31N5O3/c1-17(2)22(30)13-27-24(32)19-6-3-5-18(11-19)20-7-4-10-29(15-20)23(31)14-26-12-21-8-9-25-16-28-21/h3,5-6,8-9,11,16-17,20,26H,4,7,10,12-15H2,1-2H3,(H,27,32). The van der Waals surface area contributed by atoms with Crippen molar-refractivity contribution in [3.63, 3.8) is 0 Å². The van der Waals surface area contributed by atoms with Crippen molar-refractivity contribution in [3.8, 4) is 0 Å². The molecule has 8 nitrogen and oxygen atoms in total. The smallest absolute Gasteiger partial charge is 0.251 e. The van der Waals surface area contributed by atoms with Crippen molar-refractivity contribution in [2.45, 2.75) is 39.2 Å². The SMILES string of the molecule is CC(C)C(=O)CNC(=O)c1cccc(C2CCCN(C(=O)CNCc3ccncn3)C2)c1. The third-order valence-electron chi connectivity index (χ3n) is 5.69. The summed E-state index contributed by atoms with van der Waals surface area (Å²) in [5.41, 5.74) is 2.42. The molecule has 1 atom stereocenters. The minimum Gasteiger partial charge on any atom is -0.345 e. The van der Waals surface area contributed by atoms with E-state index in [-0.39, 0.29) is 42.5 Å². The fourth-order valence-electron chi connectivity index (χ4n) is 3.72. The van der Waals surface area contributed by atoms with Crippen molar-refractivity contribution in [1.29, 1.82) is 0 Å². The minimum absolute atomic E-state index is 0.00395. The van der Waals surface area contributed by atoms with Crippen molar-refractivity contribution < 1.29 is 14.4 Å². The van der Waals surface area contributed by atoms with Gasteiger partial charge in [0.2, 0.25) is 5.91 Å². The molecule has 170 valence electrons. The highest BCUT2D eigenvalue weighted by molar-refractivity contribution is 5.97. The summed E-state index contributed by atoms with van der Waals surface area (Å²) < 4.78 is 0. The van der Waals surface area contributed by atoms with Crippen LogP contribution in [0.1, 0.15) is 54.2 Å². The van der Waals surface area contributed by atoms with Gasteiger partial charge in [0.25, 0.3) is 5.91 Å². The highest BCUT2D eigenvalue weighted by atomic mass is 16.2. The number of Topliss-reactive ketones (excluding diaryl/α,β-unsaturated/α-hetero) is 1. The second kappa shape index (κ2) is 11.5. The van der Waals surface area contributed by atoms with Crippen molar-refractivity contribution in [3.05, 3.63) is 59.7 Å². The van der Waals surface area contributed by atoms with Crippen molar-refractivity contribution >= 4 is 17.6 Å². The molecule has 0 spiro atoms. The van der Waals surface area contributed by atoms with E-state index < -0.39 is 0 Å². The Morgan fingerprint density at radius 3 is 2.78 bits per heavy atom. The fraction of sp³-hybridized carbons (Fsp3) is 0.458. The molecule has 3 rings (SSSR count). The number of likely N-dealkylation sites (tertiary alicyclic amines) is 1. The number of rotatable bonds is 9. The van der Waals surface area contributed by atoms with E-state index in [1.807, 2.05) is 43.0 Å². The molecule has 1 aliphatic heterocycles. The van der Waals surface area contributed by atoms with Crippen molar-refractivity contribution in [2.75, 3.05) is 26.2 Å². The van der Waals surface area contributed by atoms with E-state index >= 15 is 0 Å². The number of carbonyl (C=O) groups excluding carboxylic acids is 3. The van der Waals surface area contributed by atoms with Crippen LogP contribution < -0.4 is 10.6 Å². The molecule has 1 aromatic carbocycles. The zero-order valence-electron chi connectivity index (χ0n) is 18.7. The van der Waals surface area contributed by atoms with Gasteiger partial charge in [-0.05, 0) is 36.6 Å². The van der Waals surface area contributed by atoms with Crippen LogP contribution in [0.4, 0.5) is 0 Å². The lowest BCUT2D eigenvalue weighted by atomic mass is 9.89. The maximum Gasteiger partial charge on any atom is 0.251 e. The second-order valence-electron chi connectivity index (χ2n) is 8.41. The van der Waals surface area contributed by atoms with Gasteiger partial charge in [0.15, 0.2) is 5.78 Å². The van der Waals surface area contributed by atoms with E-state index in [4.69, 9.17) is 0 Å². The number of aromatic nitrogens is 2. The maximum atomic E-state index is 12.7. The van der Waals surface area contributed by atoms with E-state index in [0.717, 1.165) is 30.6 Å². The number of nitrogens with zero attached hydrogens (tertiary/aromatic N) is 3. The van der Waals surface area contributed by atoms with Gasteiger partial charge in [0.1, 0.15) is 6.33 Å². The molecule has 0 radical (unpaired) electrons. The normalized spacial score (nSPS) is 16.1. The molecule has 8 heteroatoms. The molecule has 1 aliphatic rings. The second-order valence-corrected chi connectivity index (χ2v) is 8.41. The number of hydrogen-bond acceptors (Lipinski definition) is 6. The predicted octanol–water partition coefficient (Wildman–Crippen LogP) is 1.93. The number of piperidine rings is 1. The van der Waals surface area contributed by atoms with E-state index in [1.54, 1.807) is 12.3 Å². The van der Waals surface area contributed by atoms with Crippen LogP contribution in [0, 0.1) is 5.92 Å². The van der Waals surface area contributed by atoms with Crippen LogP contribution in [-0.2, 0) is 16.1 Å². The Balaban J connectivity index is 1.54. The van der Waals surface area contributed by atoms with Gasteiger partial charge in [-0.15, -0.1) is 0 Å². The van der Waals surface area contributed by atoms with E-state index in [0.29, 0.717) is 18.7 Å². The predicted molar refractivity (Wildman–Crippen MR) is 121 cm³/mol. The third kappa shape index (κ3) is 6.68. The average Bonchev–Trinajstić information content (AvgIpc) is 2.83. The van der Waals surface area contributed by atoms with Crippen molar-refractivity contribution in [2.24, 2.45) is 5.92 Å². The molecule has 0 saturated carbocycles. The molecule has 0 bridgehead atoms. The van der Waals surface area contributed by atoms with Crippen LogP contribution >= 0.6 is 0 Å². The Morgan fingerprint density at radius 1 is 1.19 bits per heavy atom. The van der Waals surface area contributed by atoms with Gasteiger partial charge in [-0.3, -0.25) is 14.4 Å². The van der Waals surface area contributed by atoms with Gasteiger partial charge in [0.05, 0.1) is 18.8 Å². The molecular weight excluding hydrogens is 406 g/mol. The molecular formula is C24H31N5O3. The number of ketones is 1. The summed E-state index contributed by atoms with van der Waals surface area (Å²) >= 11 is 0. The summed E-state index contributed by atoms with van der Waals surface area (Å²) in [5, 5.41) is 5.85. The average molecular weight is 438 g/mol. The number of benzene rings is 1. The molecule has 1 fully saturated rings. The number of nitrogens with one attached hydrogen (secondary N) is 2. The zero-order valence-corrected chi connectivity index (χ0v) is 18.7. The monoisotopic (exact) mass is 437 g/mol. The number of carbonyl (C=O) groups is 3. The summed E-state index contributed by atoms with van der Waals surface area (Å²) in [7, 11) is 0. The van der Waals surface area contributed by atoms with Crippen LogP contribution in [0.3, 0.4) is 0 Å². The summed E-state index contributed by atoms with van der Waals surface area (Å²) in [6.07, 6.45) is 5.05. The lowest BCUT2D eigenvalue weighted by molar-refractivity contribution is -0.131. The molecule has 2 amide bonds. The zero-order chi connectivity index (χ0) is 22.9.